The molecule has 0 aliphatic carbocycles. The van der Waals surface area contributed by atoms with Crippen molar-refractivity contribution >= 4 is 5.69 Å². The van der Waals surface area contributed by atoms with Crippen LogP contribution in [0.4, 0.5) is 5.69 Å². The second-order valence-electron chi connectivity index (χ2n) is 5.92. The lowest BCUT2D eigenvalue weighted by atomic mass is 9.97. The number of fused-ring (bicyclic) bond motifs is 1. The second-order valence-corrected chi connectivity index (χ2v) is 5.92. The van der Waals surface area contributed by atoms with E-state index in [1.807, 2.05) is 12.1 Å². The zero-order valence-corrected chi connectivity index (χ0v) is 12.8. The zero-order valence-electron chi connectivity index (χ0n) is 12.8. The van der Waals surface area contributed by atoms with Crippen LogP contribution < -0.4 is 15.4 Å². The Morgan fingerprint density at radius 2 is 2.15 bits per heavy atom. The van der Waals surface area contributed by atoms with Gasteiger partial charge in [0.1, 0.15) is 5.75 Å². The molecule has 1 unspecified atom stereocenters. The molecule has 0 saturated carbocycles. The van der Waals surface area contributed by atoms with E-state index in [4.69, 9.17) is 15.2 Å². The van der Waals surface area contributed by atoms with Gasteiger partial charge in [-0.25, -0.2) is 0 Å². The Balaban J connectivity index is 2.25. The number of ether oxygens (including phenoxy) is 2. The fraction of sp³-hybridized carbons (Fsp3) is 0.625. The van der Waals surface area contributed by atoms with Crippen molar-refractivity contribution in [2.45, 2.75) is 38.3 Å². The highest BCUT2D eigenvalue weighted by atomic mass is 16.5. The van der Waals surface area contributed by atoms with Crippen molar-refractivity contribution in [2.24, 2.45) is 5.73 Å². The molecule has 1 heterocycles. The third kappa shape index (κ3) is 3.44. The van der Waals surface area contributed by atoms with Gasteiger partial charge in [0.05, 0.1) is 17.9 Å². The fourth-order valence-electron chi connectivity index (χ4n) is 2.70. The Hall–Kier alpha value is -1.26. The summed E-state index contributed by atoms with van der Waals surface area (Å²) in [5.74, 6) is 0.957. The first-order valence-electron chi connectivity index (χ1n) is 7.31. The van der Waals surface area contributed by atoms with Gasteiger partial charge in [0, 0.05) is 26.2 Å². The summed E-state index contributed by atoms with van der Waals surface area (Å²) in [6, 6.07) is 8.47. The fourth-order valence-corrected chi connectivity index (χ4v) is 2.70. The molecule has 2 N–H and O–H groups in total. The minimum absolute atomic E-state index is 0.174. The molecule has 2 rings (SSSR count). The summed E-state index contributed by atoms with van der Waals surface area (Å²) in [6.45, 7) is 6.56. The molecule has 0 amide bonds. The topological polar surface area (TPSA) is 47.7 Å². The lowest BCUT2D eigenvalue weighted by molar-refractivity contribution is 0.0101. The van der Waals surface area contributed by atoms with Crippen LogP contribution in [-0.4, -0.2) is 38.4 Å². The van der Waals surface area contributed by atoms with Crippen LogP contribution in [0.1, 0.15) is 26.7 Å². The van der Waals surface area contributed by atoms with Gasteiger partial charge >= 0.3 is 0 Å². The number of nitrogens with zero attached hydrogens (tertiary/aromatic N) is 1. The molecule has 1 aromatic rings. The van der Waals surface area contributed by atoms with Crippen LogP contribution >= 0.6 is 0 Å². The molecule has 20 heavy (non-hydrogen) atoms. The molecule has 112 valence electrons. The van der Waals surface area contributed by atoms with Crippen LogP contribution in [0, 0.1) is 0 Å². The first-order valence-corrected chi connectivity index (χ1v) is 7.31. The predicted molar refractivity (Wildman–Crippen MR) is 82.4 cm³/mol. The molecule has 1 aliphatic heterocycles. The first kappa shape index (κ1) is 15.1. The van der Waals surface area contributed by atoms with E-state index in [-0.39, 0.29) is 11.6 Å². The van der Waals surface area contributed by atoms with Crippen molar-refractivity contribution in [3.8, 4) is 5.75 Å². The third-order valence-corrected chi connectivity index (χ3v) is 3.97. The molecule has 0 spiro atoms. The highest BCUT2D eigenvalue weighted by Crippen LogP contribution is 2.33. The minimum Gasteiger partial charge on any atom is -0.491 e. The smallest absolute Gasteiger partial charge is 0.142 e. The van der Waals surface area contributed by atoms with Crippen molar-refractivity contribution in [3.63, 3.8) is 0 Å². The Morgan fingerprint density at radius 1 is 1.40 bits per heavy atom. The van der Waals surface area contributed by atoms with Gasteiger partial charge in [0.2, 0.25) is 0 Å². The van der Waals surface area contributed by atoms with Crippen molar-refractivity contribution in [1.82, 2.24) is 0 Å². The maximum atomic E-state index is 6.04. The van der Waals surface area contributed by atoms with Crippen LogP contribution in [0.15, 0.2) is 24.3 Å². The van der Waals surface area contributed by atoms with E-state index in [0.29, 0.717) is 6.54 Å². The predicted octanol–water partition coefficient (Wildman–Crippen LogP) is 2.42. The molecule has 0 bridgehead atoms. The van der Waals surface area contributed by atoms with Crippen LogP contribution in [-0.2, 0) is 4.74 Å². The van der Waals surface area contributed by atoms with E-state index >= 15 is 0 Å². The highest BCUT2D eigenvalue weighted by Gasteiger charge is 2.28. The largest absolute Gasteiger partial charge is 0.491 e. The summed E-state index contributed by atoms with van der Waals surface area (Å²) in [4.78, 5) is 2.38. The van der Waals surface area contributed by atoms with Crippen molar-refractivity contribution in [1.29, 1.82) is 0 Å². The van der Waals surface area contributed by atoms with Crippen LogP contribution in [0.25, 0.3) is 0 Å². The van der Waals surface area contributed by atoms with Gasteiger partial charge in [-0.1, -0.05) is 12.1 Å². The lowest BCUT2D eigenvalue weighted by Gasteiger charge is -2.37. The second kappa shape index (κ2) is 6.46. The summed E-state index contributed by atoms with van der Waals surface area (Å²) in [6.07, 6.45) is 1.91. The zero-order chi connectivity index (χ0) is 14.6. The average Bonchev–Trinajstić information content (AvgIpc) is 2.67. The lowest BCUT2D eigenvalue weighted by Crippen LogP contribution is -2.45. The number of benzene rings is 1. The monoisotopic (exact) mass is 278 g/mol. The van der Waals surface area contributed by atoms with Crippen LogP contribution in [0.3, 0.4) is 0 Å². The van der Waals surface area contributed by atoms with E-state index in [1.54, 1.807) is 7.11 Å². The number of hydrogen-bond donors (Lipinski definition) is 1. The van der Waals surface area contributed by atoms with Gasteiger partial charge in [0.15, 0.2) is 0 Å². The van der Waals surface area contributed by atoms with Gasteiger partial charge in [-0.15, -0.1) is 0 Å². The van der Waals surface area contributed by atoms with Crippen LogP contribution in [0.5, 0.6) is 5.75 Å². The number of anilines is 1. The molecule has 1 aliphatic rings. The average molecular weight is 278 g/mol. The Morgan fingerprint density at radius 3 is 2.85 bits per heavy atom. The van der Waals surface area contributed by atoms with Gasteiger partial charge in [0.25, 0.3) is 0 Å². The van der Waals surface area contributed by atoms with E-state index in [0.717, 1.165) is 37.4 Å². The van der Waals surface area contributed by atoms with Crippen molar-refractivity contribution in [3.05, 3.63) is 24.3 Å². The maximum absolute atomic E-state index is 6.04. The van der Waals surface area contributed by atoms with E-state index in [9.17, 15) is 0 Å². The molecule has 0 radical (unpaired) electrons. The first-order chi connectivity index (χ1) is 9.57. The molecular weight excluding hydrogens is 252 g/mol. The molecule has 1 atom stereocenters. The summed E-state index contributed by atoms with van der Waals surface area (Å²) >= 11 is 0. The number of para-hydroxylation sites is 2. The summed E-state index contributed by atoms with van der Waals surface area (Å²) in [7, 11) is 1.76. The Kier molecular flexibility index (Phi) is 4.89. The number of methoxy groups -OCH3 is 1. The number of hydrogen-bond acceptors (Lipinski definition) is 4. The Bertz CT molecular complexity index is 434. The molecular formula is C16H26N2O2. The van der Waals surface area contributed by atoms with E-state index < -0.39 is 0 Å². The molecule has 0 aromatic heterocycles. The highest BCUT2D eigenvalue weighted by molar-refractivity contribution is 5.59. The number of nitrogens with two attached hydrogens (primary N) is 1. The van der Waals surface area contributed by atoms with Gasteiger partial charge in [-0.3, -0.25) is 0 Å². The molecule has 1 aromatic carbocycles. The van der Waals surface area contributed by atoms with Gasteiger partial charge in [-0.05, 0) is 38.8 Å². The summed E-state index contributed by atoms with van der Waals surface area (Å²) in [5.41, 5.74) is 7.01. The Labute approximate surface area is 121 Å². The molecule has 4 heteroatoms. The molecule has 0 fully saturated rings. The molecule has 0 saturated heterocycles. The quantitative estimate of drug-likeness (QED) is 0.898. The summed E-state index contributed by atoms with van der Waals surface area (Å²) in [5, 5.41) is 0. The summed E-state index contributed by atoms with van der Waals surface area (Å²) < 4.78 is 11.4. The van der Waals surface area contributed by atoms with Gasteiger partial charge < -0.3 is 20.1 Å². The third-order valence-electron chi connectivity index (χ3n) is 3.97. The minimum atomic E-state index is -0.174. The SMILES string of the molecule is COC(C)(C)CC(CN)N1CCCOc2ccccc21. The van der Waals surface area contributed by atoms with Gasteiger partial charge in [-0.2, -0.15) is 0 Å². The normalized spacial score (nSPS) is 17.1. The van der Waals surface area contributed by atoms with Crippen molar-refractivity contribution in [2.75, 3.05) is 31.7 Å². The van der Waals surface area contributed by atoms with Crippen molar-refractivity contribution < 1.29 is 9.47 Å². The van der Waals surface area contributed by atoms with E-state index in [2.05, 4.69) is 30.9 Å². The maximum Gasteiger partial charge on any atom is 0.142 e. The van der Waals surface area contributed by atoms with Crippen LogP contribution in [0.2, 0.25) is 0 Å². The van der Waals surface area contributed by atoms with E-state index in [1.165, 1.54) is 0 Å². The number of rotatable bonds is 5. The standard InChI is InChI=1S/C16H26N2O2/c1-16(2,19-3)11-13(12-17)18-9-6-10-20-15-8-5-4-7-14(15)18/h4-5,7-8,13H,6,9-12,17H2,1-3H3. The molecule has 4 nitrogen and oxygen atoms in total.